The molecule has 0 saturated heterocycles. The Balaban J connectivity index is 1.88. The van der Waals surface area contributed by atoms with Gasteiger partial charge in [-0.25, -0.2) is 0 Å². The van der Waals surface area contributed by atoms with Crippen LogP contribution < -0.4 is 0 Å². The molecule has 0 amide bonds. The second-order valence-electron chi connectivity index (χ2n) is 6.17. The molecule has 0 unspecified atom stereocenters. The first-order valence-electron chi connectivity index (χ1n) is 8.53. The molecule has 1 aliphatic carbocycles. The van der Waals surface area contributed by atoms with Crippen molar-refractivity contribution >= 4 is 5.57 Å². The highest BCUT2D eigenvalue weighted by molar-refractivity contribution is 5.83. The van der Waals surface area contributed by atoms with Gasteiger partial charge in [-0.15, -0.1) is 0 Å². The van der Waals surface area contributed by atoms with Crippen LogP contribution in [-0.2, 0) is 0 Å². The predicted molar refractivity (Wildman–Crippen MR) is 104 cm³/mol. The third-order valence-electron chi connectivity index (χ3n) is 4.48. The minimum atomic E-state index is 1.13. The Hall–Kier alpha value is -2.86. The van der Waals surface area contributed by atoms with E-state index < -0.39 is 0 Å². The topological polar surface area (TPSA) is 0 Å². The molecule has 0 spiro atoms. The molecule has 0 fully saturated rings. The molecule has 0 aromatic heterocycles. The van der Waals surface area contributed by atoms with Gasteiger partial charge < -0.3 is 0 Å². The third kappa shape index (κ3) is 3.09. The van der Waals surface area contributed by atoms with Crippen molar-refractivity contribution in [3.8, 4) is 22.3 Å². The van der Waals surface area contributed by atoms with Crippen LogP contribution in [0.5, 0.6) is 0 Å². The summed E-state index contributed by atoms with van der Waals surface area (Å²) in [6.07, 6.45) is 9.14. The lowest BCUT2D eigenvalue weighted by Crippen LogP contribution is -1.90. The first-order chi connectivity index (χ1) is 11.9. The minimum absolute atomic E-state index is 1.13. The average molecular weight is 308 g/mol. The molecule has 3 aromatic rings. The lowest BCUT2D eigenvalue weighted by molar-refractivity contribution is 1.04. The maximum absolute atomic E-state index is 2.35. The Labute approximate surface area is 143 Å². The fourth-order valence-corrected chi connectivity index (χ4v) is 3.22. The van der Waals surface area contributed by atoms with Gasteiger partial charge in [0.1, 0.15) is 0 Å². The van der Waals surface area contributed by atoms with Gasteiger partial charge in [0.05, 0.1) is 0 Å². The number of rotatable bonds is 3. The average Bonchev–Trinajstić information content (AvgIpc) is 2.70. The summed E-state index contributed by atoms with van der Waals surface area (Å²) < 4.78 is 0. The smallest absolute Gasteiger partial charge is 0.0172 e. The summed E-state index contributed by atoms with van der Waals surface area (Å²) in [5.41, 5.74) is 7.69. The Kier molecular flexibility index (Phi) is 4.12. The SMILES string of the molecule is C1=CC(c2cc(-c3ccccc3)cc(-c3ccccc3)c2)=CCC1. The van der Waals surface area contributed by atoms with Crippen molar-refractivity contribution in [2.45, 2.75) is 12.8 Å². The maximum atomic E-state index is 2.35. The zero-order valence-corrected chi connectivity index (χ0v) is 13.7. The van der Waals surface area contributed by atoms with Crippen molar-refractivity contribution in [1.29, 1.82) is 0 Å². The zero-order valence-electron chi connectivity index (χ0n) is 13.7. The summed E-state index contributed by atoms with van der Waals surface area (Å²) in [4.78, 5) is 0. The minimum Gasteiger partial charge on any atom is -0.0836 e. The van der Waals surface area contributed by atoms with Crippen molar-refractivity contribution in [2.75, 3.05) is 0 Å². The van der Waals surface area contributed by atoms with Crippen LogP contribution in [0.25, 0.3) is 27.8 Å². The van der Waals surface area contributed by atoms with Gasteiger partial charge >= 0.3 is 0 Å². The first kappa shape index (κ1) is 14.7. The molecule has 116 valence electrons. The molecule has 4 rings (SSSR count). The van der Waals surface area contributed by atoms with E-state index in [2.05, 4.69) is 97.1 Å². The van der Waals surface area contributed by atoms with Crippen molar-refractivity contribution < 1.29 is 0 Å². The van der Waals surface area contributed by atoms with Gasteiger partial charge in [-0.05, 0) is 64.4 Å². The Morgan fingerprint density at radius 3 is 1.54 bits per heavy atom. The van der Waals surface area contributed by atoms with Crippen LogP contribution >= 0.6 is 0 Å². The van der Waals surface area contributed by atoms with Crippen molar-refractivity contribution in [3.63, 3.8) is 0 Å². The van der Waals surface area contributed by atoms with E-state index in [4.69, 9.17) is 0 Å². The highest BCUT2D eigenvalue weighted by Gasteiger charge is 2.08. The van der Waals surface area contributed by atoms with Crippen LogP contribution in [0.2, 0.25) is 0 Å². The number of benzene rings is 3. The zero-order chi connectivity index (χ0) is 16.2. The molecule has 0 saturated carbocycles. The number of hydrogen-bond acceptors (Lipinski definition) is 0. The van der Waals surface area contributed by atoms with E-state index in [0.717, 1.165) is 12.8 Å². The largest absolute Gasteiger partial charge is 0.0836 e. The summed E-state index contributed by atoms with van der Waals surface area (Å²) in [7, 11) is 0. The molecule has 0 aliphatic heterocycles. The van der Waals surface area contributed by atoms with Crippen molar-refractivity contribution in [3.05, 3.63) is 103 Å². The highest BCUT2D eigenvalue weighted by atomic mass is 14.1. The molecular formula is C24H20. The second-order valence-corrected chi connectivity index (χ2v) is 6.17. The first-order valence-corrected chi connectivity index (χ1v) is 8.53. The molecule has 0 heteroatoms. The summed E-state index contributed by atoms with van der Waals surface area (Å²) in [5, 5.41) is 0. The summed E-state index contributed by atoms with van der Waals surface area (Å²) in [5.74, 6) is 0. The normalized spacial score (nSPS) is 13.6. The van der Waals surface area contributed by atoms with Gasteiger partial charge in [-0.2, -0.15) is 0 Å². The molecule has 0 nitrogen and oxygen atoms in total. The van der Waals surface area contributed by atoms with E-state index >= 15 is 0 Å². The van der Waals surface area contributed by atoms with Gasteiger partial charge in [0, 0.05) is 0 Å². The van der Waals surface area contributed by atoms with Gasteiger partial charge in [-0.1, -0.05) is 78.9 Å². The lowest BCUT2D eigenvalue weighted by Gasteiger charge is -2.13. The van der Waals surface area contributed by atoms with Gasteiger partial charge in [0.25, 0.3) is 0 Å². The molecule has 1 aliphatic rings. The monoisotopic (exact) mass is 308 g/mol. The molecular weight excluding hydrogens is 288 g/mol. The maximum Gasteiger partial charge on any atom is -0.0172 e. The predicted octanol–water partition coefficient (Wildman–Crippen LogP) is 6.75. The van der Waals surface area contributed by atoms with Gasteiger partial charge in [0.2, 0.25) is 0 Å². The van der Waals surface area contributed by atoms with Gasteiger partial charge in [0.15, 0.2) is 0 Å². The molecule has 0 bridgehead atoms. The molecule has 24 heavy (non-hydrogen) atoms. The Morgan fingerprint density at radius 2 is 1.04 bits per heavy atom. The lowest BCUT2D eigenvalue weighted by atomic mass is 9.91. The van der Waals surface area contributed by atoms with Crippen LogP contribution in [0, 0.1) is 0 Å². The molecule has 0 radical (unpaired) electrons. The number of hydrogen-bond donors (Lipinski definition) is 0. The summed E-state index contributed by atoms with van der Waals surface area (Å²) in [6.45, 7) is 0. The quantitative estimate of drug-likeness (QED) is 0.502. The molecule has 3 aromatic carbocycles. The second kappa shape index (κ2) is 6.72. The van der Waals surface area contributed by atoms with Crippen molar-refractivity contribution in [2.24, 2.45) is 0 Å². The van der Waals surface area contributed by atoms with Crippen LogP contribution in [0.15, 0.2) is 97.1 Å². The van der Waals surface area contributed by atoms with E-state index in [9.17, 15) is 0 Å². The van der Waals surface area contributed by atoms with E-state index in [1.54, 1.807) is 0 Å². The standard InChI is InChI=1S/C24H20/c1-4-10-19(11-5-1)22-16-23(20-12-6-2-7-13-20)18-24(17-22)21-14-8-3-9-15-21/h1-2,4-8,10-18H,3,9H2. The number of allylic oxidation sites excluding steroid dienone is 4. The van der Waals surface area contributed by atoms with Crippen molar-refractivity contribution in [1.82, 2.24) is 0 Å². The Bertz CT molecular complexity index is 826. The molecule has 0 N–H and O–H groups in total. The fraction of sp³-hybridized carbons (Fsp3) is 0.0833. The van der Waals surface area contributed by atoms with Crippen LogP contribution in [0.3, 0.4) is 0 Å². The molecule has 0 heterocycles. The van der Waals surface area contributed by atoms with Crippen LogP contribution in [0.4, 0.5) is 0 Å². The van der Waals surface area contributed by atoms with E-state index in [1.807, 2.05) is 0 Å². The van der Waals surface area contributed by atoms with E-state index in [1.165, 1.54) is 33.4 Å². The summed E-state index contributed by atoms with van der Waals surface area (Å²) >= 11 is 0. The van der Waals surface area contributed by atoms with Crippen LogP contribution in [0.1, 0.15) is 18.4 Å². The Morgan fingerprint density at radius 1 is 0.500 bits per heavy atom. The highest BCUT2D eigenvalue weighted by Crippen LogP contribution is 2.32. The summed E-state index contributed by atoms with van der Waals surface area (Å²) in [6, 6.07) is 28.2. The molecule has 0 atom stereocenters. The van der Waals surface area contributed by atoms with E-state index in [0.29, 0.717) is 0 Å². The van der Waals surface area contributed by atoms with Gasteiger partial charge in [-0.3, -0.25) is 0 Å². The third-order valence-corrected chi connectivity index (χ3v) is 4.48. The fourth-order valence-electron chi connectivity index (χ4n) is 3.22. The van der Waals surface area contributed by atoms with E-state index in [-0.39, 0.29) is 0 Å². The van der Waals surface area contributed by atoms with Crippen LogP contribution in [-0.4, -0.2) is 0 Å².